The lowest BCUT2D eigenvalue weighted by Gasteiger charge is -2.29. The Labute approximate surface area is 109 Å². The summed E-state index contributed by atoms with van der Waals surface area (Å²) in [5.41, 5.74) is 0. The van der Waals surface area contributed by atoms with E-state index in [0.29, 0.717) is 0 Å². The van der Waals surface area contributed by atoms with Gasteiger partial charge in [-0.3, -0.25) is 4.57 Å². The summed E-state index contributed by atoms with van der Waals surface area (Å²) in [7, 11) is 2.11. The van der Waals surface area contributed by atoms with Gasteiger partial charge in [0.2, 0.25) is 11.9 Å². The van der Waals surface area contributed by atoms with E-state index in [2.05, 4.69) is 31.6 Å². The number of rotatable bonds is 2. The van der Waals surface area contributed by atoms with Gasteiger partial charge in [-0.05, 0) is 38.5 Å². The summed E-state index contributed by atoms with van der Waals surface area (Å²) in [5.74, 6) is 2.10. The fourth-order valence-electron chi connectivity index (χ4n) is 3.05. The third-order valence-electron chi connectivity index (χ3n) is 4.11. The topological polar surface area (TPSA) is 37.2 Å². The van der Waals surface area contributed by atoms with Crippen molar-refractivity contribution in [3.8, 4) is 0 Å². The van der Waals surface area contributed by atoms with Gasteiger partial charge in [0.1, 0.15) is 0 Å². The lowest BCUT2D eigenvalue weighted by atomic mass is 10.1. The molecule has 0 aromatic carbocycles. The minimum Gasteiger partial charge on any atom is -0.341 e. The van der Waals surface area contributed by atoms with Crippen LogP contribution in [0.3, 0.4) is 0 Å². The standard InChI is InChI=1S/C13H23N5/c1-16-12(17-8-4-2-5-9-17)14-15-13(16)18-10-6-3-7-11-18/h2-11H2,1H3. The third kappa shape index (κ3) is 2.18. The Hall–Kier alpha value is -1.26. The van der Waals surface area contributed by atoms with Crippen LogP contribution in [0.2, 0.25) is 0 Å². The molecule has 0 N–H and O–H groups in total. The van der Waals surface area contributed by atoms with Gasteiger partial charge in [0.05, 0.1) is 0 Å². The Balaban J connectivity index is 1.78. The molecule has 1 aromatic rings. The molecule has 3 rings (SSSR count). The summed E-state index contributed by atoms with van der Waals surface area (Å²) in [6, 6.07) is 0. The predicted molar refractivity (Wildman–Crippen MR) is 73.1 cm³/mol. The molecule has 2 aliphatic heterocycles. The average molecular weight is 249 g/mol. The van der Waals surface area contributed by atoms with Crippen molar-refractivity contribution in [2.24, 2.45) is 7.05 Å². The SMILES string of the molecule is Cn1c(N2CCCCC2)nnc1N1CCCCC1. The summed E-state index contributed by atoms with van der Waals surface area (Å²) in [6.45, 7) is 4.52. The molecule has 0 spiro atoms. The van der Waals surface area contributed by atoms with Gasteiger partial charge in [-0.15, -0.1) is 10.2 Å². The Morgan fingerprint density at radius 2 is 1.06 bits per heavy atom. The molecule has 0 atom stereocenters. The van der Waals surface area contributed by atoms with Gasteiger partial charge in [0.25, 0.3) is 0 Å². The predicted octanol–water partition coefficient (Wildman–Crippen LogP) is 1.80. The minimum absolute atomic E-state index is 1.05. The minimum atomic E-state index is 1.05. The van der Waals surface area contributed by atoms with Crippen LogP contribution in [0.4, 0.5) is 11.9 Å². The molecule has 3 heterocycles. The zero-order chi connectivity index (χ0) is 12.4. The molecule has 5 heteroatoms. The monoisotopic (exact) mass is 249 g/mol. The third-order valence-corrected chi connectivity index (χ3v) is 4.11. The van der Waals surface area contributed by atoms with Gasteiger partial charge in [-0.25, -0.2) is 0 Å². The average Bonchev–Trinajstić information content (AvgIpc) is 2.83. The van der Waals surface area contributed by atoms with E-state index in [-0.39, 0.29) is 0 Å². The number of piperidine rings is 2. The van der Waals surface area contributed by atoms with Gasteiger partial charge in [0.15, 0.2) is 0 Å². The van der Waals surface area contributed by atoms with Crippen LogP contribution in [-0.4, -0.2) is 40.9 Å². The van der Waals surface area contributed by atoms with Crippen LogP contribution in [-0.2, 0) is 7.05 Å². The van der Waals surface area contributed by atoms with Crippen LogP contribution in [0.1, 0.15) is 38.5 Å². The first-order valence-corrected chi connectivity index (χ1v) is 7.25. The van der Waals surface area contributed by atoms with E-state index in [1.807, 2.05) is 0 Å². The van der Waals surface area contributed by atoms with E-state index in [1.54, 1.807) is 0 Å². The summed E-state index contributed by atoms with van der Waals surface area (Å²) in [5, 5.41) is 8.82. The molecule has 0 radical (unpaired) electrons. The van der Waals surface area contributed by atoms with Crippen LogP contribution < -0.4 is 9.80 Å². The van der Waals surface area contributed by atoms with Crippen LogP contribution in [0.5, 0.6) is 0 Å². The Morgan fingerprint density at radius 3 is 1.44 bits per heavy atom. The van der Waals surface area contributed by atoms with Gasteiger partial charge in [0, 0.05) is 33.2 Å². The van der Waals surface area contributed by atoms with Gasteiger partial charge in [-0.1, -0.05) is 0 Å². The van der Waals surface area contributed by atoms with Crippen LogP contribution in [0, 0.1) is 0 Å². The van der Waals surface area contributed by atoms with E-state index < -0.39 is 0 Å². The van der Waals surface area contributed by atoms with Crippen molar-refractivity contribution in [2.45, 2.75) is 38.5 Å². The number of hydrogen-bond donors (Lipinski definition) is 0. The number of hydrogen-bond acceptors (Lipinski definition) is 4. The normalized spacial score (nSPS) is 21.4. The fraction of sp³-hybridized carbons (Fsp3) is 0.846. The van der Waals surface area contributed by atoms with Crippen molar-refractivity contribution >= 4 is 11.9 Å². The Bertz CT molecular complexity index is 353. The molecule has 2 saturated heterocycles. The van der Waals surface area contributed by atoms with E-state index in [1.165, 1.54) is 38.5 Å². The van der Waals surface area contributed by atoms with E-state index in [9.17, 15) is 0 Å². The molecule has 0 bridgehead atoms. The molecule has 18 heavy (non-hydrogen) atoms. The second-order valence-corrected chi connectivity index (χ2v) is 5.45. The molecule has 0 unspecified atom stereocenters. The second-order valence-electron chi connectivity index (χ2n) is 5.45. The maximum atomic E-state index is 4.41. The smallest absolute Gasteiger partial charge is 0.228 e. The largest absolute Gasteiger partial charge is 0.341 e. The molecule has 5 nitrogen and oxygen atoms in total. The number of anilines is 2. The van der Waals surface area contributed by atoms with Crippen LogP contribution in [0.15, 0.2) is 0 Å². The van der Waals surface area contributed by atoms with Crippen molar-refractivity contribution in [1.29, 1.82) is 0 Å². The molecule has 0 aliphatic carbocycles. The molecule has 2 aliphatic rings. The lowest BCUT2D eigenvalue weighted by molar-refractivity contribution is 0.552. The highest BCUT2D eigenvalue weighted by atomic mass is 15.5. The number of nitrogens with zero attached hydrogens (tertiary/aromatic N) is 5. The molecule has 0 amide bonds. The van der Waals surface area contributed by atoms with E-state index >= 15 is 0 Å². The van der Waals surface area contributed by atoms with Crippen molar-refractivity contribution in [2.75, 3.05) is 36.0 Å². The highest BCUT2D eigenvalue weighted by molar-refractivity contribution is 5.41. The zero-order valence-corrected chi connectivity index (χ0v) is 11.3. The highest BCUT2D eigenvalue weighted by Gasteiger charge is 2.21. The first-order chi connectivity index (χ1) is 8.86. The first-order valence-electron chi connectivity index (χ1n) is 7.25. The molecule has 100 valence electrons. The summed E-state index contributed by atoms with van der Waals surface area (Å²) >= 11 is 0. The zero-order valence-electron chi connectivity index (χ0n) is 11.3. The summed E-state index contributed by atoms with van der Waals surface area (Å²) in [6.07, 6.45) is 7.84. The molecular formula is C13H23N5. The van der Waals surface area contributed by atoms with Gasteiger partial charge in [-0.2, -0.15) is 0 Å². The van der Waals surface area contributed by atoms with Gasteiger partial charge >= 0.3 is 0 Å². The number of aromatic nitrogens is 3. The van der Waals surface area contributed by atoms with Crippen molar-refractivity contribution < 1.29 is 0 Å². The fourth-order valence-corrected chi connectivity index (χ4v) is 3.05. The summed E-state index contributed by atoms with van der Waals surface area (Å²) < 4.78 is 2.18. The highest BCUT2D eigenvalue weighted by Crippen LogP contribution is 2.23. The second kappa shape index (κ2) is 5.16. The van der Waals surface area contributed by atoms with Crippen molar-refractivity contribution in [1.82, 2.24) is 14.8 Å². The maximum Gasteiger partial charge on any atom is 0.228 e. The molecular weight excluding hydrogens is 226 g/mol. The van der Waals surface area contributed by atoms with E-state index in [0.717, 1.165) is 38.1 Å². The van der Waals surface area contributed by atoms with Crippen molar-refractivity contribution in [3.05, 3.63) is 0 Å². The first kappa shape index (κ1) is 11.8. The summed E-state index contributed by atoms with van der Waals surface area (Å²) in [4.78, 5) is 4.76. The lowest BCUT2D eigenvalue weighted by Crippen LogP contribution is -2.33. The molecule has 2 fully saturated rings. The van der Waals surface area contributed by atoms with Crippen LogP contribution in [0.25, 0.3) is 0 Å². The maximum absolute atomic E-state index is 4.41. The Morgan fingerprint density at radius 1 is 0.667 bits per heavy atom. The Kier molecular flexibility index (Phi) is 3.39. The van der Waals surface area contributed by atoms with E-state index in [4.69, 9.17) is 0 Å². The molecule has 0 saturated carbocycles. The van der Waals surface area contributed by atoms with Crippen LogP contribution >= 0.6 is 0 Å². The van der Waals surface area contributed by atoms with Gasteiger partial charge < -0.3 is 9.80 Å². The quantitative estimate of drug-likeness (QED) is 0.801. The van der Waals surface area contributed by atoms with Crippen molar-refractivity contribution in [3.63, 3.8) is 0 Å². The molecule has 1 aromatic heterocycles.